The molecule has 0 atom stereocenters. The minimum Gasteiger partial charge on any atom is -0.496 e. The van der Waals surface area contributed by atoms with Crippen LogP contribution in [0.1, 0.15) is 23.6 Å². The van der Waals surface area contributed by atoms with Crippen molar-refractivity contribution in [1.82, 2.24) is 0 Å². The lowest BCUT2D eigenvalue weighted by molar-refractivity contribution is -0.142. The van der Waals surface area contributed by atoms with Gasteiger partial charge < -0.3 is 9.47 Å². The highest BCUT2D eigenvalue weighted by Gasteiger charge is 2.15. The van der Waals surface area contributed by atoms with Gasteiger partial charge in [0.2, 0.25) is 0 Å². The van der Waals surface area contributed by atoms with E-state index in [-0.39, 0.29) is 18.3 Å². The Balaban J connectivity index is 3.14. The Kier molecular flexibility index (Phi) is 5.47. The highest BCUT2D eigenvalue weighted by atomic mass is 35.5. The molecule has 0 radical (unpaired) electrons. The number of hydrogen-bond acceptors (Lipinski definition) is 4. The molecular weight excluding hydrogens is 254 g/mol. The molecule has 4 nitrogen and oxygen atoms in total. The number of esters is 1. The first-order chi connectivity index (χ1) is 8.67. The number of methoxy groups -OCH3 is 1. The Hall–Kier alpha value is -1.73. The van der Waals surface area contributed by atoms with E-state index in [1.54, 1.807) is 19.1 Å². The zero-order valence-electron chi connectivity index (χ0n) is 10.3. The van der Waals surface area contributed by atoms with Crippen molar-refractivity contribution in [3.05, 3.63) is 28.8 Å². The van der Waals surface area contributed by atoms with Crippen LogP contribution in [0.2, 0.25) is 0 Å². The van der Waals surface area contributed by atoms with E-state index >= 15 is 0 Å². The summed E-state index contributed by atoms with van der Waals surface area (Å²) in [6.07, 6.45) is 0.0601. The third-order valence-electron chi connectivity index (χ3n) is 2.46. The number of hydrogen-bond donors (Lipinski definition) is 0. The van der Waals surface area contributed by atoms with E-state index < -0.39 is 0 Å². The lowest BCUT2D eigenvalue weighted by Gasteiger charge is -2.11. The average Bonchev–Trinajstić information content (AvgIpc) is 2.38. The van der Waals surface area contributed by atoms with Gasteiger partial charge in [0.25, 0.3) is 0 Å². The first-order valence-corrected chi connectivity index (χ1v) is 6.01. The number of nitrogens with zero attached hydrogens (tertiary/aromatic N) is 1. The molecule has 0 unspecified atom stereocenters. The molecule has 1 aromatic rings. The third kappa shape index (κ3) is 3.14. The molecule has 18 heavy (non-hydrogen) atoms. The highest BCUT2D eigenvalue weighted by molar-refractivity contribution is 6.17. The number of halogens is 1. The maximum atomic E-state index is 11.4. The van der Waals surface area contributed by atoms with E-state index in [1.165, 1.54) is 7.11 Å². The fourth-order valence-electron chi connectivity index (χ4n) is 1.66. The first kappa shape index (κ1) is 14.3. The van der Waals surface area contributed by atoms with Gasteiger partial charge in [0, 0.05) is 5.56 Å². The van der Waals surface area contributed by atoms with E-state index in [2.05, 4.69) is 6.07 Å². The minimum absolute atomic E-state index is 0.0601. The quantitative estimate of drug-likeness (QED) is 0.607. The Morgan fingerprint density at radius 3 is 2.72 bits per heavy atom. The summed E-state index contributed by atoms with van der Waals surface area (Å²) in [6, 6.07) is 5.45. The van der Waals surface area contributed by atoms with Crippen LogP contribution in [0.25, 0.3) is 0 Å². The number of nitriles is 1. The van der Waals surface area contributed by atoms with Crippen molar-refractivity contribution in [2.45, 2.75) is 19.2 Å². The SMILES string of the molecule is CCOC(=O)Cc1ccc(OC)c(CCl)c1C#N. The maximum Gasteiger partial charge on any atom is 0.310 e. The van der Waals surface area contributed by atoms with E-state index in [4.69, 9.17) is 21.1 Å². The van der Waals surface area contributed by atoms with Crippen LogP contribution >= 0.6 is 11.6 Å². The van der Waals surface area contributed by atoms with Gasteiger partial charge in [-0.15, -0.1) is 11.6 Å². The molecule has 0 heterocycles. The smallest absolute Gasteiger partial charge is 0.310 e. The van der Waals surface area contributed by atoms with Gasteiger partial charge in [0.1, 0.15) is 5.75 Å². The van der Waals surface area contributed by atoms with Crippen LogP contribution < -0.4 is 4.74 Å². The molecule has 0 spiro atoms. The zero-order valence-corrected chi connectivity index (χ0v) is 11.1. The molecule has 0 amide bonds. The Morgan fingerprint density at radius 1 is 1.50 bits per heavy atom. The van der Waals surface area contributed by atoms with Crippen molar-refractivity contribution < 1.29 is 14.3 Å². The van der Waals surface area contributed by atoms with Crippen molar-refractivity contribution in [2.24, 2.45) is 0 Å². The number of rotatable bonds is 5. The third-order valence-corrected chi connectivity index (χ3v) is 2.73. The second-order valence-electron chi connectivity index (χ2n) is 3.51. The summed E-state index contributed by atoms with van der Waals surface area (Å²) in [5, 5.41) is 9.18. The van der Waals surface area contributed by atoms with Crippen LogP contribution in [-0.2, 0) is 21.8 Å². The summed E-state index contributed by atoms with van der Waals surface area (Å²) in [7, 11) is 1.51. The second-order valence-corrected chi connectivity index (χ2v) is 3.77. The Labute approximate surface area is 111 Å². The van der Waals surface area contributed by atoms with Crippen LogP contribution in [-0.4, -0.2) is 19.7 Å². The van der Waals surface area contributed by atoms with Gasteiger partial charge in [-0.05, 0) is 18.6 Å². The van der Waals surface area contributed by atoms with Crippen LogP contribution in [0.15, 0.2) is 12.1 Å². The predicted octanol–water partition coefficient (Wildman–Crippen LogP) is 2.41. The number of carbonyl (C=O) groups excluding carboxylic acids is 1. The van der Waals surface area contributed by atoms with Crippen molar-refractivity contribution >= 4 is 17.6 Å². The van der Waals surface area contributed by atoms with Crippen LogP contribution in [0.5, 0.6) is 5.75 Å². The van der Waals surface area contributed by atoms with E-state index in [9.17, 15) is 10.1 Å². The van der Waals surface area contributed by atoms with Gasteiger partial charge >= 0.3 is 5.97 Å². The fourth-order valence-corrected chi connectivity index (χ4v) is 1.92. The maximum absolute atomic E-state index is 11.4. The van der Waals surface area contributed by atoms with Crippen LogP contribution in [0.4, 0.5) is 0 Å². The molecule has 1 aromatic carbocycles. The second kappa shape index (κ2) is 6.87. The van der Waals surface area contributed by atoms with Gasteiger partial charge in [0.05, 0.1) is 37.7 Å². The fraction of sp³-hybridized carbons (Fsp3) is 0.385. The number of ether oxygens (including phenoxy) is 2. The average molecular weight is 268 g/mol. The summed E-state index contributed by atoms with van der Waals surface area (Å²) < 4.78 is 10.00. The molecular formula is C13H14ClNO3. The normalized spacial score (nSPS) is 9.67. The lowest BCUT2D eigenvalue weighted by atomic mass is 9.99. The molecule has 0 fully saturated rings. The van der Waals surface area contributed by atoms with Crippen molar-refractivity contribution in [2.75, 3.05) is 13.7 Å². The Morgan fingerprint density at radius 2 is 2.22 bits per heavy atom. The van der Waals surface area contributed by atoms with Gasteiger partial charge in [-0.2, -0.15) is 5.26 Å². The molecule has 5 heteroatoms. The summed E-state index contributed by atoms with van der Waals surface area (Å²) >= 11 is 5.82. The first-order valence-electron chi connectivity index (χ1n) is 5.48. The summed E-state index contributed by atoms with van der Waals surface area (Å²) in [6.45, 7) is 2.06. The number of carbonyl (C=O) groups is 1. The predicted molar refractivity (Wildman–Crippen MR) is 67.6 cm³/mol. The van der Waals surface area contributed by atoms with Crippen molar-refractivity contribution in [1.29, 1.82) is 5.26 Å². The molecule has 0 saturated heterocycles. The summed E-state index contributed by atoms with van der Waals surface area (Å²) in [5.74, 6) is 0.344. The highest BCUT2D eigenvalue weighted by Crippen LogP contribution is 2.27. The molecule has 0 aliphatic rings. The lowest BCUT2D eigenvalue weighted by Crippen LogP contribution is -2.10. The van der Waals surface area contributed by atoms with Crippen molar-refractivity contribution in [3.8, 4) is 11.8 Å². The van der Waals surface area contributed by atoms with Gasteiger partial charge in [-0.25, -0.2) is 0 Å². The van der Waals surface area contributed by atoms with E-state index in [0.29, 0.717) is 29.0 Å². The molecule has 0 aliphatic carbocycles. The van der Waals surface area contributed by atoms with Gasteiger partial charge in [-0.3, -0.25) is 4.79 Å². The molecule has 0 bridgehead atoms. The van der Waals surface area contributed by atoms with Gasteiger partial charge in [0.15, 0.2) is 0 Å². The monoisotopic (exact) mass is 267 g/mol. The molecule has 0 N–H and O–H groups in total. The Bertz CT molecular complexity index is 480. The van der Waals surface area contributed by atoms with E-state index in [0.717, 1.165) is 0 Å². The minimum atomic E-state index is -0.361. The van der Waals surface area contributed by atoms with Crippen LogP contribution in [0, 0.1) is 11.3 Å². The standard InChI is InChI=1S/C13H14ClNO3/c1-3-18-13(16)6-9-4-5-12(17-2)10(7-14)11(9)8-15/h4-5H,3,6-7H2,1-2H3. The van der Waals surface area contributed by atoms with Gasteiger partial charge in [-0.1, -0.05) is 6.07 Å². The largest absolute Gasteiger partial charge is 0.496 e. The summed E-state index contributed by atoms with van der Waals surface area (Å²) in [4.78, 5) is 11.4. The molecule has 0 aliphatic heterocycles. The summed E-state index contributed by atoms with van der Waals surface area (Å²) in [5.41, 5.74) is 1.59. The van der Waals surface area contributed by atoms with Crippen LogP contribution in [0.3, 0.4) is 0 Å². The topological polar surface area (TPSA) is 59.3 Å². The molecule has 0 aromatic heterocycles. The molecule has 1 rings (SSSR count). The molecule has 0 saturated carbocycles. The number of alkyl halides is 1. The zero-order chi connectivity index (χ0) is 13.5. The number of benzene rings is 1. The molecule has 96 valence electrons. The van der Waals surface area contributed by atoms with E-state index in [1.807, 2.05) is 0 Å². The van der Waals surface area contributed by atoms with Crippen molar-refractivity contribution in [3.63, 3.8) is 0 Å².